The molecule has 7 nitrogen and oxygen atoms in total. The topological polar surface area (TPSA) is 81.5 Å². The lowest BCUT2D eigenvalue weighted by atomic mass is 10.1. The minimum atomic E-state index is -3.09. The van der Waals surface area contributed by atoms with E-state index in [1.807, 2.05) is 24.3 Å². The summed E-state index contributed by atoms with van der Waals surface area (Å²) in [5.41, 5.74) is 1.35. The second-order valence-electron chi connectivity index (χ2n) is 6.92. The summed E-state index contributed by atoms with van der Waals surface area (Å²) in [5, 5.41) is 4.92. The van der Waals surface area contributed by atoms with Crippen LogP contribution in [0.3, 0.4) is 0 Å². The van der Waals surface area contributed by atoms with Gasteiger partial charge in [-0.1, -0.05) is 29.8 Å². The van der Waals surface area contributed by atoms with E-state index >= 15 is 0 Å². The van der Waals surface area contributed by atoms with Gasteiger partial charge in [0.15, 0.2) is 9.84 Å². The van der Waals surface area contributed by atoms with Gasteiger partial charge in [0.05, 0.1) is 29.8 Å². The van der Waals surface area contributed by atoms with Crippen molar-refractivity contribution in [3.05, 3.63) is 52.8 Å². The lowest BCUT2D eigenvalue weighted by molar-refractivity contribution is 0.0674. The van der Waals surface area contributed by atoms with Gasteiger partial charge < -0.3 is 9.64 Å². The Balaban J connectivity index is 1.75. The number of rotatable bonds is 8. The number of aromatic nitrogens is 2. The zero-order valence-electron chi connectivity index (χ0n) is 15.8. The minimum absolute atomic E-state index is 0.0134. The molecule has 9 heteroatoms. The largest absolute Gasteiger partial charge is 0.385 e. The molecule has 1 atom stereocenters. The van der Waals surface area contributed by atoms with Crippen molar-refractivity contribution in [2.45, 2.75) is 25.4 Å². The maximum Gasteiger partial charge on any atom is 0.257 e. The molecule has 28 heavy (non-hydrogen) atoms. The molecule has 1 fully saturated rings. The molecule has 0 bridgehead atoms. The Morgan fingerprint density at radius 2 is 2.18 bits per heavy atom. The predicted molar refractivity (Wildman–Crippen MR) is 107 cm³/mol. The molecule has 1 amide bonds. The van der Waals surface area contributed by atoms with Gasteiger partial charge in [-0.05, 0) is 24.5 Å². The molecule has 1 aliphatic heterocycles. The van der Waals surface area contributed by atoms with Crippen LogP contribution in [0, 0.1) is 0 Å². The highest BCUT2D eigenvalue weighted by Gasteiger charge is 2.35. The third-order valence-corrected chi connectivity index (χ3v) is 6.95. The summed E-state index contributed by atoms with van der Waals surface area (Å²) in [6, 6.07) is 7.17. The number of hydrogen-bond acceptors (Lipinski definition) is 5. The van der Waals surface area contributed by atoms with E-state index in [2.05, 4.69) is 5.10 Å². The smallest absolute Gasteiger partial charge is 0.257 e. The number of benzene rings is 1. The lowest BCUT2D eigenvalue weighted by Gasteiger charge is -2.27. The van der Waals surface area contributed by atoms with Crippen LogP contribution in [-0.4, -0.2) is 66.8 Å². The molecule has 0 spiro atoms. The van der Waals surface area contributed by atoms with Crippen molar-refractivity contribution in [3.63, 3.8) is 0 Å². The monoisotopic (exact) mass is 425 g/mol. The van der Waals surface area contributed by atoms with Gasteiger partial charge in [-0.25, -0.2) is 8.42 Å². The molecule has 1 aliphatic rings. The molecule has 0 N–H and O–H groups in total. The van der Waals surface area contributed by atoms with E-state index in [9.17, 15) is 13.2 Å². The van der Waals surface area contributed by atoms with Crippen LogP contribution in [0.5, 0.6) is 0 Å². The predicted octanol–water partition coefficient (Wildman–Crippen LogP) is 2.25. The van der Waals surface area contributed by atoms with Gasteiger partial charge in [-0.15, -0.1) is 0 Å². The number of carbonyl (C=O) groups excluding carboxylic acids is 1. The number of halogens is 1. The normalized spacial score (nSPS) is 18.3. The van der Waals surface area contributed by atoms with E-state index in [-0.39, 0.29) is 23.5 Å². The highest BCUT2D eigenvalue weighted by molar-refractivity contribution is 7.91. The van der Waals surface area contributed by atoms with Crippen molar-refractivity contribution in [2.75, 3.05) is 31.8 Å². The summed E-state index contributed by atoms with van der Waals surface area (Å²) in [7, 11) is -1.49. The molecular formula is C19H24ClN3O4S. The summed E-state index contributed by atoms with van der Waals surface area (Å²) < 4.78 is 30.5. The van der Waals surface area contributed by atoms with Crippen molar-refractivity contribution >= 4 is 27.3 Å². The minimum Gasteiger partial charge on any atom is -0.385 e. The fraction of sp³-hybridized carbons (Fsp3) is 0.474. The lowest BCUT2D eigenvalue weighted by Crippen LogP contribution is -2.42. The molecule has 1 aromatic carbocycles. The first kappa shape index (κ1) is 20.8. The van der Waals surface area contributed by atoms with E-state index in [1.54, 1.807) is 22.9 Å². The average Bonchev–Trinajstić information content (AvgIpc) is 3.26. The number of nitrogens with zero attached hydrogens (tertiary/aromatic N) is 3. The highest BCUT2D eigenvalue weighted by Crippen LogP contribution is 2.21. The van der Waals surface area contributed by atoms with Crippen LogP contribution in [0.2, 0.25) is 5.02 Å². The van der Waals surface area contributed by atoms with Gasteiger partial charge in [0.2, 0.25) is 0 Å². The SMILES string of the molecule is COCCCN(C(=O)c1cnn(Cc2ccccc2Cl)c1)C1CCS(=O)(=O)C1. The Labute approximate surface area is 170 Å². The Kier molecular flexibility index (Phi) is 6.74. The fourth-order valence-corrected chi connectivity index (χ4v) is 5.30. The average molecular weight is 426 g/mol. The molecule has 0 saturated carbocycles. The summed E-state index contributed by atoms with van der Waals surface area (Å²) in [6.07, 6.45) is 4.31. The van der Waals surface area contributed by atoms with E-state index in [4.69, 9.17) is 16.3 Å². The van der Waals surface area contributed by atoms with Crippen LogP contribution in [-0.2, 0) is 21.1 Å². The first-order valence-corrected chi connectivity index (χ1v) is 11.4. The number of sulfone groups is 1. The van der Waals surface area contributed by atoms with Gasteiger partial charge in [0, 0.05) is 37.5 Å². The second-order valence-corrected chi connectivity index (χ2v) is 9.56. The molecular weight excluding hydrogens is 402 g/mol. The van der Waals surface area contributed by atoms with Crippen molar-refractivity contribution in [1.82, 2.24) is 14.7 Å². The summed E-state index contributed by atoms with van der Waals surface area (Å²) in [4.78, 5) is 14.7. The second kappa shape index (κ2) is 9.07. The molecule has 1 aromatic heterocycles. The number of methoxy groups -OCH3 is 1. The van der Waals surface area contributed by atoms with Crippen molar-refractivity contribution in [1.29, 1.82) is 0 Å². The van der Waals surface area contributed by atoms with Crippen molar-refractivity contribution in [2.24, 2.45) is 0 Å². The van der Waals surface area contributed by atoms with Crippen LogP contribution in [0.1, 0.15) is 28.8 Å². The molecule has 152 valence electrons. The molecule has 3 rings (SSSR count). The first-order valence-electron chi connectivity index (χ1n) is 9.16. The molecule has 1 saturated heterocycles. The maximum absolute atomic E-state index is 13.1. The van der Waals surface area contributed by atoms with Crippen LogP contribution in [0.4, 0.5) is 0 Å². The van der Waals surface area contributed by atoms with Gasteiger partial charge in [-0.3, -0.25) is 9.48 Å². The number of ether oxygens (including phenoxy) is 1. The van der Waals surface area contributed by atoms with Gasteiger partial charge in [0.1, 0.15) is 0 Å². The Morgan fingerprint density at radius 3 is 2.86 bits per heavy atom. The first-order chi connectivity index (χ1) is 13.4. The Hall–Kier alpha value is -1.90. The zero-order chi connectivity index (χ0) is 20.1. The van der Waals surface area contributed by atoms with Crippen LogP contribution in [0.15, 0.2) is 36.7 Å². The van der Waals surface area contributed by atoms with Crippen LogP contribution >= 0.6 is 11.6 Å². The van der Waals surface area contributed by atoms with E-state index in [1.165, 1.54) is 6.20 Å². The quantitative estimate of drug-likeness (QED) is 0.606. The van der Waals surface area contributed by atoms with E-state index < -0.39 is 9.84 Å². The maximum atomic E-state index is 13.1. The van der Waals surface area contributed by atoms with E-state index in [0.29, 0.717) is 43.1 Å². The number of carbonyl (C=O) groups is 1. The van der Waals surface area contributed by atoms with Crippen LogP contribution < -0.4 is 0 Å². The van der Waals surface area contributed by atoms with E-state index in [0.717, 1.165) is 5.56 Å². The number of amides is 1. The van der Waals surface area contributed by atoms with Gasteiger partial charge >= 0.3 is 0 Å². The van der Waals surface area contributed by atoms with Gasteiger partial charge in [-0.2, -0.15) is 5.10 Å². The zero-order valence-corrected chi connectivity index (χ0v) is 17.3. The van der Waals surface area contributed by atoms with Crippen LogP contribution in [0.25, 0.3) is 0 Å². The molecule has 0 aliphatic carbocycles. The standard InChI is InChI=1S/C19H24ClN3O4S/c1-27-9-4-8-23(17-7-10-28(25,26)14-17)19(24)16-11-21-22(13-16)12-15-5-2-3-6-18(15)20/h2-3,5-6,11,13,17H,4,7-10,12,14H2,1H3. The molecule has 1 unspecified atom stereocenters. The third kappa shape index (κ3) is 5.12. The van der Waals surface area contributed by atoms with Crippen molar-refractivity contribution < 1.29 is 17.9 Å². The summed E-state index contributed by atoms with van der Waals surface area (Å²) in [5.74, 6) is -0.0691. The summed E-state index contributed by atoms with van der Waals surface area (Å²) >= 11 is 6.19. The van der Waals surface area contributed by atoms with Crippen molar-refractivity contribution in [3.8, 4) is 0 Å². The highest BCUT2D eigenvalue weighted by atomic mass is 35.5. The number of hydrogen-bond donors (Lipinski definition) is 0. The Bertz CT molecular complexity index is 929. The molecule has 2 heterocycles. The molecule has 0 radical (unpaired) electrons. The van der Waals surface area contributed by atoms with Gasteiger partial charge in [0.25, 0.3) is 5.91 Å². The molecule has 2 aromatic rings. The summed E-state index contributed by atoms with van der Waals surface area (Å²) in [6.45, 7) is 1.41. The fourth-order valence-electron chi connectivity index (χ4n) is 3.38. The third-order valence-electron chi connectivity index (χ3n) is 4.83. The Morgan fingerprint density at radius 1 is 1.39 bits per heavy atom.